The highest BCUT2D eigenvalue weighted by Gasteiger charge is 2.40. The van der Waals surface area contributed by atoms with Gasteiger partial charge < -0.3 is 11.1 Å². The molecule has 2 atom stereocenters. The predicted octanol–water partition coefficient (Wildman–Crippen LogP) is 1.91. The van der Waals surface area contributed by atoms with Gasteiger partial charge in [0.25, 0.3) is 5.91 Å². The lowest BCUT2D eigenvalue weighted by Gasteiger charge is -2.26. The molecule has 1 aliphatic carbocycles. The Morgan fingerprint density at radius 3 is 2.72 bits per heavy atom. The van der Waals surface area contributed by atoms with Gasteiger partial charge in [-0.15, -0.1) is 0 Å². The largest absolute Gasteiger partial charge is 0.377 e. The van der Waals surface area contributed by atoms with E-state index in [9.17, 15) is 18.8 Å². The summed E-state index contributed by atoms with van der Waals surface area (Å²) in [5, 5.41) is 7.37. The number of carbonyl (C=O) groups is 3. The molecule has 1 saturated carbocycles. The van der Waals surface area contributed by atoms with E-state index in [2.05, 4.69) is 10.4 Å². The third kappa shape index (κ3) is 3.18. The second-order valence-corrected chi connectivity index (χ2v) is 7.80. The number of hydrogen-bond acceptors (Lipinski definition) is 5. The van der Waals surface area contributed by atoms with Crippen molar-refractivity contribution in [2.45, 2.75) is 44.8 Å². The molecule has 2 fully saturated rings. The Labute approximate surface area is 166 Å². The fourth-order valence-electron chi connectivity index (χ4n) is 4.12. The maximum Gasteiger partial charge on any atom is 0.331 e. The first-order valence-corrected chi connectivity index (χ1v) is 9.55. The quantitative estimate of drug-likeness (QED) is 0.811. The van der Waals surface area contributed by atoms with E-state index in [1.807, 2.05) is 0 Å². The van der Waals surface area contributed by atoms with Crippen molar-refractivity contribution in [1.82, 2.24) is 14.5 Å². The van der Waals surface area contributed by atoms with Gasteiger partial charge in [-0.3, -0.25) is 19.4 Å². The average Bonchev–Trinajstić information content (AvgIpc) is 3.31. The Kier molecular flexibility index (Phi) is 4.44. The number of rotatable bonds is 4. The highest BCUT2D eigenvalue weighted by atomic mass is 19.1. The Morgan fingerprint density at radius 1 is 1.38 bits per heavy atom. The molecule has 1 saturated heterocycles. The van der Waals surface area contributed by atoms with E-state index >= 15 is 0 Å². The number of nitrogens with zero attached hydrogens (tertiary/aromatic N) is 4. The van der Waals surface area contributed by atoms with Crippen LogP contribution < -0.4 is 16.0 Å². The topological polar surface area (TPSA) is 113 Å². The summed E-state index contributed by atoms with van der Waals surface area (Å²) in [6, 6.07) is 0.810. The molecule has 0 radical (unpaired) electrons. The van der Waals surface area contributed by atoms with Crippen LogP contribution >= 0.6 is 0 Å². The molecular formula is C19H23FN6O3. The minimum absolute atomic E-state index is 0.156. The molecule has 3 N–H and O–H groups in total. The molecule has 4 rings (SSSR count). The number of amides is 4. The molecule has 2 aromatic rings. The second kappa shape index (κ2) is 6.71. The van der Waals surface area contributed by atoms with E-state index in [1.54, 1.807) is 19.2 Å². The fraction of sp³-hybridized carbons (Fsp3) is 0.474. The molecule has 4 amide bonds. The van der Waals surface area contributed by atoms with Crippen LogP contribution in [-0.2, 0) is 4.79 Å². The van der Waals surface area contributed by atoms with E-state index < -0.39 is 23.6 Å². The van der Waals surface area contributed by atoms with Crippen molar-refractivity contribution in [1.29, 1.82) is 0 Å². The van der Waals surface area contributed by atoms with Crippen molar-refractivity contribution in [3.8, 4) is 0 Å². The van der Waals surface area contributed by atoms with Gasteiger partial charge >= 0.3 is 6.03 Å². The third-order valence-electron chi connectivity index (χ3n) is 5.79. The summed E-state index contributed by atoms with van der Waals surface area (Å²) in [6.07, 6.45) is 4.78. The zero-order valence-electron chi connectivity index (χ0n) is 16.3. The van der Waals surface area contributed by atoms with Crippen molar-refractivity contribution >= 4 is 34.7 Å². The summed E-state index contributed by atoms with van der Waals surface area (Å²) >= 11 is 0. The van der Waals surface area contributed by atoms with Gasteiger partial charge in [0.15, 0.2) is 0 Å². The molecule has 0 spiro atoms. The Hall–Kier alpha value is -3.17. The first-order valence-electron chi connectivity index (χ1n) is 9.55. The van der Waals surface area contributed by atoms with Crippen LogP contribution in [0.1, 0.15) is 43.5 Å². The van der Waals surface area contributed by atoms with Crippen LogP contribution in [0, 0.1) is 0 Å². The third-order valence-corrected chi connectivity index (χ3v) is 5.79. The smallest absolute Gasteiger partial charge is 0.331 e. The first kappa shape index (κ1) is 19.2. The number of anilines is 2. The monoisotopic (exact) mass is 402 g/mol. The summed E-state index contributed by atoms with van der Waals surface area (Å²) in [5.74, 6) is -0.995. The molecule has 1 aliphatic heterocycles. The molecule has 2 aromatic heterocycles. The van der Waals surface area contributed by atoms with Crippen molar-refractivity contribution < 1.29 is 18.8 Å². The van der Waals surface area contributed by atoms with Gasteiger partial charge in [0.05, 0.1) is 40.9 Å². The minimum atomic E-state index is -1.41. The number of primary amides is 1. The van der Waals surface area contributed by atoms with Crippen molar-refractivity contribution in [2.24, 2.45) is 5.73 Å². The number of fused-ring (bicyclic) bond motifs is 1. The van der Waals surface area contributed by atoms with E-state index in [-0.39, 0.29) is 11.5 Å². The molecule has 29 heavy (non-hydrogen) atoms. The number of nitrogens with two attached hydrogens (primary N) is 1. The number of urea groups is 1. The van der Waals surface area contributed by atoms with Gasteiger partial charge in [-0.25, -0.2) is 13.7 Å². The second-order valence-electron chi connectivity index (χ2n) is 7.80. The molecule has 3 heterocycles. The van der Waals surface area contributed by atoms with Crippen LogP contribution in [0.15, 0.2) is 18.5 Å². The van der Waals surface area contributed by atoms with Gasteiger partial charge in [-0.05, 0) is 32.3 Å². The highest BCUT2D eigenvalue weighted by molar-refractivity contribution is 6.06. The number of aromatic nitrogens is 2. The van der Waals surface area contributed by atoms with Crippen molar-refractivity contribution in [3.63, 3.8) is 0 Å². The number of alkyl halides is 1. The van der Waals surface area contributed by atoms with Gasteiger partial charge in [-0.1, -0.05) is 0 Å². The van der Waals surface area contributed by atoms with Crippen LogP contribution in [0.2, 0.25) is 0 Å². The molecular weight excluding hydrogens is 379 g/mol. The van der Waals surface area contributed by atoms with Gasteiger partial charge in [0.1, 0.15) is 5.67 Å². The standard InChI is InChI=1S/C19H23FN6O3/c1-11(27)24-6-7-25(18(24)29)12-8-14-16(23-15-4-3-5-19(15,2)20)13(17(21)28)9-22-26(14)10-12/h8-10,15,23H,3-7H2,1-2H3,(H2,21,28). The molecule has 2 unspecified atom stereocenters. The van der Waals surface area contributed by atoms with Crippen LogP contribution in [0.25, 0.3) is 5.52 Å². The van der Waals surface area contributed by atoms with Gasteiger partial charge in [0.2, 0.25) is 5.91 Å². The first-order chi connectivity index (χ1) is 13.7. The number of nitrogens with one attached hydrogen (secondary N) is 1. The van der Waals surface area contributed by atoms with E-state index in [0.29, 0.717) is 42.8 Å². The Bertz CT molecular complexity index is 1020. The zero-order valence-corrected chi connectivity index (χ0v) is 16.3. The van der Waals surface area contributed by atoms with E-state index in [1.165, 1.54) is 22.5 Å². The summed E-state index contributed by atoms with van der Waals surface area (Å²) in [4.78, 5) is 38.7. The number of hydrogen-bond donors (Lipinski definition) is 2. The lowest BCUT2D eigenvalue weighted by molar-refractivity contribution is -0.125. The number of imide groups is 1. The Morgan fingerprint density at radius 2 is 2.14 bits per heavy atom. The van der Waals surface area contributed by atoms with Crippen molar-refractivity contribution in [2.75, 3.05) is 23.3 Å². The van der Waals surface area contributed by atoms with Crippen LogP contribution in [-0.4, -0.2) is 57.2 Å². The Balaban J connectivity index is 1.76. The molecule has 154 valence electrons. The highest BCUT2D eigenvalue weighted by Crippen LogP contribution is 2.37. The van der Waals surface area contributed by atoms with Crippen LogP contribution in [0.5, 0.6) is 0 Å². The van der Waals surface area contributed by atoms with Crippen molar-refractivity contribution in [3.05, 3.63) is 24.0 Å². The summed E-state index contributed by atoms with van der Waals surface area (Å²) < 4.78 is 16.3. The molecule has 2 aliphatic rings. The minimum Gasteiger partial charge on any atom is -0.377 e. The molecule has 0 aromatic carbocycles. The fourth-order valence-corrected chi connectivity index (χ4v) is 4.12. The average molecular weight is 402 g/mol. The summed E-state index contributed by atoms with van der Waals surface area (Å²) in [6.45, 7) is 3.54. The normalized spacial score (nSPS) is 24.5. The predicted molar refractivity (Wildman–Crippen MR) is 105 cm³/mol. The lowest BCUT2D eigenvalue weighted by Crippen LogP contribution is -2.36. The summed E-state index contributed by atoms with van der Waals surface area (Å²) in [5.41, 5.74) is 5.70. The van der Waals surface area contributed by atoms with Crippen LogP contribution in [0.4, 0.5) is 20.6 Å². The van der Waals surface area contributed by atoms with E-state index in [4.69, 9.17) is 5.73 Å². The molecule has 0 bridgehead atoms. The SMILES string of the molecule is CC(=O)N1CCN(c2cc3c(NC4CCCC4(C)F)c(C(N)=O)cnn3c2)C1=O. The summed E-state index contributed by atoms with van der Waals surface area (Å²) in [7, 11) is 0. The maximum atomic E-state index is 14.8. The number of halogens is 1. The molecule has 10 heteroatoms. The van der Waals surface area contributed by atoms with Gasteiger partial charge in [0, 0.05) is 20.0 Å². The van der Waals surface area contributed by atoms with Gasteiger partial charge in [-0.2, -0.15) is 5.10 Å². The number of carbonyl (C=O) groups excluding carboxylic acids is 3. The molecule has 9 nitrogen and oxygen atoms in total. The van der Waals surface area contributed by atoms with E-state index in [0.717, 1.165) is 11.3 Å². The van der Waals surface area contributed by atoms with Crippen LogP contribution in [0.3, 0.4) is 0 Å². The zero-order chi connectivity index (χ0) is 20.9. The maximum absolute atomic E-state index is 14.8. The lowest BCUT2D eigenvalue weighted by atomic mass is 10.0.